The largest absolute Gasteiger partial charge is 0.465 e. The van der Waals surface area contributed by atoms with E-state index in [0.717, 1.165) is 5.56 Å². The van der Waals surface area contributed by atoms with E-state index in [1.165, 1.54) is 7.11 Å². The van der Waals surface area contributed by atoms with Gasteiger partial charge in [0.15, 0.2) is 5.69 Å². The minimum Gasteiger partial charge on any atom is -0.465 e. The van der Waals surface area contributed by atoms with Gasteiger partial charge in [-0.05, 0) is 43.3 Å². The van der Waals surface area contributed by atoms with Gasteiger partial charge in [0.25, 0.3) is 5.91 Å². The maximum atomic E-state index is 12.4. The zero-order valence-corrected chi connectivity index (χ0v) is 13.8. The Balaban J connectivity index is 1.78. The van der Waals surface area contributed by atoms with Crippen molar-refractivity contribution in [3.63, 3.8) is 0 Å². The fourth-order valence-electron chi connectivity index (χ4n) is 2.31. The van der Waals surface area contributed by atoms with Crippen LogP contribution in [0.2, 0.25) is 0 Å². The number of benzene rings is 2. The Labute approximate surface area is 144 Å². The molecule has 6 nitrogen and oxygen atoms in total. The third-order valence-electron chi connectivity index (χ3n) is 3.60. The summed E-state index contributed by atoms with van der Waals surface area (Å²) in [6, 6.07) is 15.8. The first kappa shape index (κ1) is 16.4. The maximum Gasteiger partial charge on any atom is 0.337 e. The summed E-state index contributed by atoms with van der Waals surface area (Å²) < 4.78 is 10.2. The molecule has 0 bridgehead atoms. The predicted octanol–water partition coefficient (Wildman–Crippen LogP) is 3.69. The van der Waals surface area contributed by atoms with E-state index in [9.17, 15) is 9.59 Å². The Morgan fingerprint density at radius 1 is 1.04 bits per heavy atom. The van der Waals surface area contributed by atoms with Gasteiger partial charge in [0, 0.05) is 11.3 Å². The van der Waals surface area contributed by atoms with Crippen molar-refractivity contribution in [3.05, 3.63) is 71.6 Å². The number of ether oxygens (including phenoxy) is 1. The molecule has 0 spiro atoms. The van der Waals surface area contributed by atoms with E-state index >= 15 is 0 Å². The second-order valence-electron chi connectivity index (χ2n) is 5.31. The highest BCUT2D eigenvalue weighted by molar-refractivity contribution is 6.04. The molecule has 1 heterocycles. The highest BCUT2D eigenvalue weighted by Gasteiger charge is 2.18. The molecule has 0 aliphatic carbocycles. The third-order valence-corrected chi connectivity index (χ3v) is 3.60. The first-order valence-corrected chi connectivity index (χ1v) is 7.61. The van der Waals surface area contributed by atoms with E-state index in [1.807, 2.05) is 30.3 Å². The Kier molecular flexibility index (Phi) is 4.61. The third kappa shape index (κ3) is 3.58. The minimum absolute atomic E-state index is 0.218. The van der Waals surface area contributed by atoms with E-state index in [2.05, 4.69) is 15.0 Å². The van der Waals surface area contributed by atoms with Crippen LogP contribution in [0.4, 0.5) is 5.69 Å². The number of oxazole rings is 1. The van der Waals surface area contributed by atoms with Gasteiger partial charge < -0.3 is 14.5 Å². The van der Waals surface area contributed by atoms with Crippen LogP contribution in [0.3, 0.4) is 0 Å². The molecule has 0 radical (unpaired) electrons. The number of aryl methyl sites for hydroxylation is 1. The lowest BCUT2D eigenvalue weighted by molar-refractivity contribution is 0.0600. The number of esters is 1. The molecule has 0 aliphatic rings. The normalized spacial score (nSPS) is 10.3. The maximum absolute atomic E-state index is 12.4. The number of hydrogen-bond acceptors (Lipinski definition) is 5. The van der Waals surface area contributed by atoms with Crippen molar-refractivity contribution in [2.24, 2.45) is 0 Å². The van der Waals surface area contributed by atoms with Crippen LogP contribution in [-0.4, -0.2) is 24.0 Å². The standard InChI is InChI=1S/C19H16N2O4/c1-12-16(21-18(25-12)13-6-4-3-5-7-13)17(22)20-15-10-8-14(9-11-15)19(23)24-2/h3-11H,1-2H3,(H,20,22). The fourth-order valence-corrected chi connectivity index (χ4v) is 2.31. The second kappa shape index (κ2) is 7.00. The van der Waals surface area contributed by atoms with Crippen LogP contribution in [0.1, 0.15) is 26.6 Å². The predicted molar refractivity (Wildman–Crippen MR) is 92.4 cm³/mol. The van der Waals surface area contributed by atoms with Crippen LogP contribution in [-0.2, 0) is 4.74 Å². The number of aromatic nitrogens is 1. The SMILES string of the molecule is COC(=O)c1ccc(NC(=O)c2nc(-c3ccccc3)oc2C)cc1. The average Bonchev–Trinajstić information content (AvgIpc) is 3.04. The lowest BCUT2D eigenvalue weighted by Gasteiger charge is -2.04. The molecule has 0 saturated heterocycles. The van der Waals surface area contributed by atoms with Crippen molar-refractivity contribution in [2.45, 2.75) is 6.92 Å². The van der Waals surface area contributed by atoms with Gasteiger partial charge in [-0.2, -0.15) is 0 Å². The highest BCUT2D eigenvalue weighted by atomic mass is 16.5. The molecule has 126 valence electrons. The van der Waals surface area contributed by atoms with Crippen LogP contribution in [0, 0.1) is 6.92 Å². The van der Waals surface area contributed by atoms with Gasteiger partial charge in [-0.15, -0.1) is 0 Å². The zero-order chi connectivity index (χ0) is 17.8. The molecule has 0 unspecified atom stereocenters. The van der Waals surface area contributed by atoms with E-state index < -0.39 is 5.97 Å². The average molecular weight is 336 g/mol. The van der Waals surface area contributed by atoms with Crippen LogP contribution < -0.4 is 5.32 Å². The molecule has 2 aromatic carbocycles. The Hall–Kier alpha value is -3.41. The highest BCUT2D eigenvalue weighted by Crippen LogP contribution is 2.22. The number of nitrogens with one attached hydrogen (secondary N) is 1. The summed E-state index contributed by atoms with van der Waals surface area (Å²) in [5.41, 5.74) is 1.97. The fraction of sp³-hybridized carbons (Fsp3) is 0.105. The summed E-state index contributed by atoms with van der Waals surface area (Å²) in [5.74, 6) is 0.0128. The van der Waals surface area contributed by atoms with E-state index in [4.69, 9.17) is 4.42 Å². The number of nitrogens with zero attached hydrogens (tertiary/aromatic N) is 1. The molecule has 1 N–H and O–H groups in total. The first-order chi connectivity index (χ1) is 12.1. The number of hydrogen-bond donors (Lipinski definition) is 1. The summed E-state index contributed by atoms with van der Waals surface area (Å²) in [5, 5.41) is 2.73. The van der Waals surface area contributed by atoms with E-state index in [-0.39, 0.29) is 11.6 Å². The molecule has 6 heteroatoms. The van der Waals surface area contributed by atoms with Crippen molar-refractivity contribution in [2.75, 3.05) is 12.4 Å². The van der Waals surface area contributed by atoms with Gasteiger partial charge in [-0.3, -0.25) is 4.79 Å². The summed E-state index contributed by atoms with van der Waals surface area (Å²) in [4.78, 5) is 28.1. The summed E-state index contributed by atoms with van der Waals surface area (Å²) in [6.45, 7) is 1.69. The smallest absolute Gasteiger partial charge is 0.337 e. The number of carbonyl (C=O) groups excluding carboxylic acids is 2. The molecule has 0 atom stereocenters. The Morgan fingerprint density at radius 2 is 1.72 bits per heavy atom. The monoisotopic (exact) mass is 336 g/mol. The molecular weight excluding hydrogens is 320 g/mol. The van der Waals surface area contributed by atoms with Gasteiger partial charge in [0.05, 0.1) is 12.7 Å². The summed E-state index contributed by atoms with van der Waals surface area (Å²) in [6.07, 6.45) is 0. The van der Waals surface area contributed by atoms with Crippen LogP contribution in [0.5, 0.6) is 0 Å². The first-order valence-electron chi connectivity index (χ1n) is 7.61. The van der Waals surface area contributed by atoms with Crippen molar-refractivity contribution < 1.29 is 18.7 Å². The van der Waals surface area contributed by atoms with Crippen molar-refractivity contribution in [3.8, 4) is 11.5 Å². The molecular formula is C19H16N2O4. The summed E-state index contributed by atoms with van der Waals surface area (Å²) in [7, 11) is 1.32. The molecule has 0 saturated carbocycles. The zero-order valence-electron chi connectivity index (χ0n) is 13.8. The van der Waals surface area contributed by atoms with E-state index in [0.29, 0.717) is 22.9 Å². The lowest BCUT2D eigenvalue weighted by atomic mass is 10.2. The number of rotatable bonds is 4. The molecule has 1 amide bonds. The number of amides is 1. The van der Waals surface area contributed by atoms with Crippen LogP contribution >= 0.6 is 0 Å². The van der Waals surface area contributed by atoms with Crippen molar-refractivity contribution in [1.82, 2.24) is 4.98 Å². The van der Waals surface area contributed by atoms with Gasteiger partial charge in [0.2, 0.25) is 5.89 Å². The molecule has 0 fully saturated rings. The van der Waals surface area contributed by atoms with Crippen LogP contribution in [0.25, 0.3) is 11.5 Å². The topological polar surface area (TPSA) is 81.4 Å². The van der Waals surface area contributed by atoms with Crippen molar-refractivity contribution in [1.29, 1.82) is 0 Å². The van der Waals surface area contributed by atoms with Crippen LogP contribution in [0.15, 0.2) is 59.0 Å². The molecule has 3 aromatic rings. The van der Waals surface area contributed by atoms with Gasteiger partial charge in [-0.25, -0.2) is 9.78 Å². The summed E-state index contributed by atoms with van der Waals surface area (Å²) >= 11 is 0. The minimum atomic E-state index is -0.433. The van der Waals surface area contributed by atoms with Gasteiger partial charge >= 0.3 is 5.97 Å². The molecule has 0 aliphatic heterocycles. The van der Waals surface area contributed by atoms with Gasteiger partial charge in [-0.1, -0.05) is 18.2 Å². The van der Waals surface area contributed by atoms with E-state index in [1.54, 1.807) is 31.2 Å². The second-order valence-corrected chi connectivity index (χ2v) is 5.31. The number of methoxy groups -OCH3 is 1. The lowest BCUT2D eigenvalue weighted by Crippen LogP contribution is -2.13. The molecule has 3 rings (SSSR count). The number of anilines is 1. The Morgan fingerprint density at radius 3 is 2.36 bits per heavy atom. The molecule has 25 heavy (non-hydrogen) atoms. The van der Waals surface area contributed by atoms with Gasteiger partial charge in [0.1, 0.15) is 5.76 Å². The quantitative estimate of drug-likeness (QED) is 0.735. The number of carbonyl (C=O) groups is 2. The van der Waals surface area contributed by atoms with Crippen molar-refractivity contribution >= 4 is 17.6 Å². The Bertz CT molecular complexity index is 899. The molecule has 1 aromatic heterocycles.